The molecule has 1 atom stereocenters. The van der Waals surface area contributed by atoms with Crippen LogP contribution in [0.3, 0.4) is 0 Å². The van der Waals surface area contributed by atoms with Crippen molar-refractivity contribution in [3.05, 3.63) is 35.8 Å². The number of hydrogen-bond donors (Lipinski definition) is 1. The third-order valence-corrected chi connectivity index (χ3v) is 5.98. The van der Waals surface area contributed by atoms with Crippen molar-refractivity contribution in [1.29, 1.82) is 0 Å². The van der Waals surface area contributed by atoms with E-state index in [2.05, 4.69) is 40.8 Å². The fraction of sp³-hybridized carbons (Fsp3) is 0.579. The smallest absolute Gasteiger partial charge is 0.320 e. The molecule has 2 aromatic heterocycles. The third kappa shape index (κ3) is 3.16. The van der Waals surface area contributed by atoms with Gasteiger partial charge in [-0.2, -0.15) is 0 Å². The number of carboxylic acid groups (broad SMARTS) is 1. The Morgan fingerprint density at radius 1 is 1.32 bits per heavy atom. The molecule has 0 amide bonds. The normalized spacial score (nSPS) is 24.3. The van der Waals surface area contributed by atoms with Gasteiger partial charge < -0.3 is 9.51 Å². The van der Waals surface area contributed by atoms with E-state index < -0.39 is 5.97 Å². The zero-order valence-electron chi connectivity index (χ0n) is 15.0. The van der Waals surface area contributed by atoms with Crippen LogP contribution in [0.15, 0.2) is 24.5 Å². The molecule has 0 aromatic carbocycles. The monoisotopic (exact) mass is 342 g/mol. The number of piperidine rings is 1. The molecule has 1 unspecified atom stereocenters. The molecule has 0 aliphatic carbocycles. The average Bonchev–Trinajstić information content (AvgIpc) is 3.10. The molecule has 6 heteroatoms. The van der Waals surface area contributed by atoms with Crippen LogP contribution in [0.25, 0.3) is 5.65 Å². The number of rotatable bonds is 3. The van der Waals surface area contributed by atoms with Gasteiger partial charge in [0.15, 0.2) is 0 Å². The van der Waals surface area contributed by atoms with E-state index in [0.29, 0.717) is 0 Å². The Balaban J connectivity index is 1.39. The van der Waals surface area contributed by atoms with Crippen LogP contribution in [-0.4, -0.2) is 63.0 Å². The highest BCUT2D eigenvalue weighted by Gasteiger charge is 2.46. The van der Waals surface area contributed by atoms with Crippen LogP contribution in [-0.2, 0) is 11.3 Å². The van der Waals surface area contributed by atoms with Crippen molar-refractivity contribution >= 4 is 11.6 Å². The number of aliphatic carboxylic acids is 1. The topological polar surface area (TPSA) is 61.1 Å². The fourth-order valence-electron chi connectivity index (χ4n) is 4.55. The van der Waals surface area contributed by atoms with Crippen molar-refractivity contribution < 1.29 is 9.90 Å². The first-order valence-corrected chi connectivity index (χ1v) is 9.04. The Hall–Kier alpha value is -1.92. The predicted molar refractivity (Wildman–Crippen MR) is 95.5 cm³/mol. The van der Waals surface area contributed by atoms with Crippen molar-refractivity contribution in [1.82, 2.24) is 19.2 Å². The molecule has 25 heavy (non-hydrogen) atoms. The minimum Gasteiger partial charge on any atom is -0.480 e. The summed E-state index contributed by atoms with van der Waals surface area (Å²) in [5, 5.41) is 9.37. The maximum absolute atomic E-state index is 11.4. The number of hydrogen-bond acceptors (Lipinski definition) is 4. The summed E-state index contributed by atoms with van der Waals surface area (Å²) in [6, 6.07) is 3.84. The molecule has 2 fully saturated rings. The molecule has 4 heterocycles. The number of likely N-dealkylation sites (tertiary alicyclic amines) is 2. The summed E-state index contributed by atoms with van der Waals surface area (Å²) in [5.74, 6) is -0.679. The molecule has 0 bridgehead atoms. The van der Waals surface area contributed by atoms with Crippen LogP contribution in [0.5, 0.6) is 0 Å². The molecule has 2 aliphatic heterocycles. The lowest BCUT2D eigenvalue weighted by Crippen LogP contribution is -2.40. The van der Waals surface area contributed by atoms with E-state index in [4.69, 9.17) is 4.98 Å². The first-order valence-electron chi connectivity index (χ1n) is 9.04. The lowest BCUT2D eigenvalue weighted by atomic mass is 9.76. The molecule has 2 aliphatic rings. The summed E-state index contributed by atoms with van der Waals surface area (Å²) in [7, 11) is 1.94. The van der Waals surface area contributed by atoms with Gasteiger partial charge in [0.05, 0.1) is 5.69 Å². The highest BCUT2D eigenvalue weighted by atomic mass is 16.4. The summed E-state index contributed by atoms with van der Waals surface area (Å²) in [6.07, 6.45) is 7.18. The number of imidazole rings is 1. The van der Waals surface area contributed by atoms with Gasteiger partial charge in [-0.25, -0.2) is 4.98 Å². The zero-order chi connectivity index (χ0) is 17.6. The lowest BCUT2D eigenvalue weighted by Gasteiger charge is -2.39. The second-order valence-electron chi connectivity index (χ2n) is 7.95. The van der Waals surface area contributed by atoms with Gasteiger partial charge in [-0.15, -0.1) is 0 Å². The van der Waals surface area contributed by atoms with E-state index in [1.54, 1.807) is 0 Å². The van der Waals surface area contributed by atoms with Crippen molar-refractivity contribution in [2.45, 2.75) is 38.8 Å². The third-order valence-electron chi connectivity index (χ3n) is 5.98. The second kappa shape index (κ2) is 6.11. The maximum Gasteiger partial charge on any atom is 0.320 e. The molecule has 0 saturated carbocycles. The Kier molecular flexibility index (Phi) is 4.04. The van der Waals surface area contributed by atoms with Gasteiger partial charge in [0.25, 0.3) is 0 Å². The number of pyridine rings is 1. The Morgan fingerprint density at radius 2 is 2.08 bits per heavy atom. The van der Waals surface area contributed by atoms with Gasteiger partial charge >= 0.3 is 5.97 Å². The Morgan fingerprint density at radius 3 is 2.76 bits per heavy atom. The number of aryl methyl sites for hydroxylation is 1. The van der Waals surface area contributed by atoms with Crippen LogP contribution in [0, 0.1) is 12.3 Å². The number of fused-ring (bicyclic) bond motifs is 1. The van der Waals surface area contributed by atoms with E-state index in [9.17, 15) is 9.90 Å². The molecular weight excluding hydrogens is 316 g/mol. The molecule has 2 aromatic rings. The fourth-order valence-corrected chi connectivity index (χ4v) is 4.55. The van der Waals surface area contributed by atoms with E-state index in [1.807, 2.05) is 11.9 Å². The van der Waals surface area contributed by atoms with Gasteiger partial charge in [0.1, 0.15) is 11.7 Å². The van der Waals surface area contributed by atoms with Crippen LogP contribution < -0.4 is 0 Å². The quantitative estimate of drug-likeness (QED) is 0.925. The molecule has 0 radical (unpaired) electrons. The van der Waals surface area contributed by atoms with E-state index in [-0.39, 0.29) is 11.5 Å². The first kappa shape index (κ1) is 16.5. The maximum atomic E-state index is 11.4. The van der Waals surface area contributed by atoms with Crippen LogP contribution >= 0.6 is 0 Å². The molecular formula is C19H26N4O2. The van der Waals surface area contributed by atoms with E-state index >= 15 is 0 Å². The summed E-state index contributed by atoms with van der Waals surface area (Å²) >= 11 is 0. The number of nitrogens with zero attached hydrogens (tertiary/aromatic N) is 4. The summed E-state index contributed by atoms with van der Waals surface area (Å²) in [5.41, 5.74) is 3.52. The van der Waals surface area contributed by atoms with Gasteiger partial charge in [0.2, 0.25) is 0 Å². The lowest BCUT2D eigenvalue weighted by molar-refractivity contribution is -0.141. The average molecular weight is 342 g/mol. The first-order chi connectivity index (χ1) is 11.9. The van der Waals surface area contributed by atoms with Crippen LogP contribution in [0.1, 0.15) is 30.5 Å². The highest BCUT2D eigenvalue weighted by molar-refractivity contribution is 5.74. The van der Waals surface area contributed by atoms with Crippen molar-refractivity contribution in [3.63, 3.8) is 0 Å². The van der Waals surface area contributed by atoms with Crippen molar-refractivity contribution in [2.24, 2.45) is 5.41 Å². The number of carboxylic acids is 1. The van der Waals surface area contributed by atoms with Gasteiger partial charge in [-0.1, -0.05) is 6.07 Å². The predicted octanol–water partition coefficient (Wildman–Crippen LogP) is 2.01. The molecule has 2 saturated heterocycles. The largest absolute Gasteiger partial charge is 0.480 e. The van der Waals surface area contributed by atoms with Crippen LogP contribution in [0.4, 0.5) is 0 Å². The molecule has 4 rings (SSSR count). The van der Waals surface area contributed by atoms with Crippen molar-refractivity contribution in [3.8, 4) is 0 Å². The zero-order valence-corrected chi connectivity index (χ0v) is 15.0. The van der Waals surface area contributed by atoms with Crippen molar-refractivity contribution in [2.75, 3.05) is 26.7 Å². The Bertz CT molecular complexity index is 792. The van der Waals surface area contributed by atoms with Gasteiger partial charge in [-0.05, 0) is 63.4 Å². The van der Waals surface area contributed by atoms with E-state index in [0.717, 1.165) is 56.8 Å². The summed E-state index contributed by atoms with van der Waals surface area (Å²) in [4.78, 5) is 20.6. The summed E-state index contributed by atoms with van der Waals surface area (Å²) in [6.45, 7) is 5.91. The second-order valence-corrected chi connectivity index (χ2v) is 7.95. The molecule has 1 spiro atoms. The SMILES string of the molecule is Cc1ccc2nc(CN3CCC4(CC3)CC(C(=O)O)N(C)C4)cn2c1. The van der Waals surface area contributed by atoms with Crippen LogP contribution in [0.2, 0.25) is 0 Å². The number of carbonyl (C=O) groups is 1. The number of likely N-dealkylation sites (N-methyl/N-ethyl adjacent to an activating group) is 1. The van der Waals surface area contributed by atoms with E-state index in [1.165, 1.54) is 5.56 Å². The van der Waals surface area contributed by atoms with Gasteiger partial charge in [-0.3, -0.25) is 14.6 Å². The number of aromatic nitrogens is 2. The minimum atomic E-state index is -0.679. The standard InChI is InChI=1S/C19H26N4O2/c1-14-3-4-17-20-15(12-23(17)10-14)11-22-7-5-19(6-8-22)9-16(18(24)25)21(2)13-19/h3-4,10,12,16H,5-9,11,13H2,1-2H3,(H,24,25). The Labute approximate surface area is 148 Å². The van der Waals surface area contributed by atoms with Gasteiger partial charge in [0, 0.05) is 25.5 Å². The molecule has 134 valence electrons. The molecule has 1 N–H and O–H groups in total. The summed E-state index contributed by atoms with van der Waals surface area (Å²) < 4.78 is 2.10. The highest BCUT2D eigenvalue weighted by Crippen LogP contribution is 2.43. The minimum absolute atomic E-state index is 0.185. The molecule has 6 nitrogen and oxygen atoms in total.